The molecule has 1 nitrogen and oxygen atoms in total. The van der Waals surface area contributed by atoms with Crippen molar-refractivity contribution in [1.29, 1.82) is 0 Å². The van der Waals surface area contributed by atoms with Crippen LogP contribution in [0, 0.1) is 6.92 Å². The lowest BCUT2D eigenvalue weighted by atomic mass is 10.0. The topological polar surface area (TPSA) is 12.9 Å². The predicted octanol–water partition coefficient (Wildman–Crippen LogP) is 4.37. The molecule has 1 aromatic heterocycles. The van der Waals surface area contributed by atoms with E-state index in [9.17, 15) is 0 Å². The van der Waals surface area contributed by atoms with Crippen LogP contribution in [-0.2, 0) is 0 Å². The molecule has 1 heteroatoms. The van der Waals surface area contributed by atoms with Crippen LogP contribution in [0.1, 0.15) is 50.9 Å². The van der Waals surface area contributed by atoms with Crippen LogP contribution < -0.4 is 0 Å². The van der Waals surface area contributed by atoms with Crippen molar-refractivity contribution >= 4 is 5.57 Å². The van der Waals surface area contributed by atoms with Crippen molar-refractivity contribution in [1.82, 2.24) is 4.98 Å². The minimum absolute atomic E-state index is 1.10. The number of unbranched alkanes of at least 4 members (excludes halogenated alkanes) is 1. The number of aromatic nitrogens is 1. The summed E-state index contributed by atoms with van der Waals surface area (Å²) in [6, 6.07) is 6.25. The minimum atomic E-state index is 1.10. The summed E-state index contributed by atoms with van der Waals surface area (Å²) in [4.78, 5) is 4.58. The molecule has 0 aliphatic rings. The van der Waals surface area contributed by atoms with Gasteiger partial charge in [-0.25, -0.2) is 0 Å². The molecule has 0 saturated carbocycles. The van der Waals surface area contributed by atoms with Gasteiger partial charge in [-0.1, -0.05) is 38.8 Å². The number of pyridine rings is 1. The highest BCUT2D eigenvalue weighted by molar-refractivity contribution is 5.62. The van der Waals surface area contributed by atoms with Gasteiger partial charge in [-0.05, 0) is 37.5 Å². The van der Waals surface area contributed by atoms with E-state index in [1.54, 1.807) is 0 Å². The van der Waals surface area contributed by atoms with Crippen molar-refractivity contribution in [2.24, 2.45) is 0 Å². The van der Waals surface area contributed by atoms with E-state index in [0.29, 0.717) is 0 Å². The highest BCUT2D eigenvalue weighted by Gasteiger charge is 2.01. The van der Waals surface area contributed by atoms with Gasteiger partial charge in [-0.3, -0.25) is 4.98 Å². The number of rotatable bonds is 5. The van der Waals surface area contributed by atoms with E-state index in [1.807, 2.05) is 13.0 Å². The van der Waals surface area contributed by atoms with E-state index in [-0.39, 0.29) is 0 Å². The first-order valence-corrected chi connectivity index (χ1v) is 5.91. The Kier molecular flexibility index (Phi) is 5.09. The first kappa shape index (κ1) is 12.0. The van der Waals surface area contributed by atoms with Crippen molar-refractivity contribution in [2.45, 2.75) is 46.5 Å². The first-order valence-electron chi connectivity index (χ1n) is 5.91. The van der Waals surface area contributed by atoms with Crippen LogP contribution in [0.15, 0.2) is 24.3 Å². The van der Waals surface area contributed by atoms with E-state index in [0.717, 1.165) is 24.2 Å². The standard InChI is InChI=1S/C14H21N/c1-4-6-10-13(8-5-2)14-11-7-9-12(3)15-14/h7,9-11H,4-6,8H2,1-3H3/b13-10+. The van der Waals surface area contributed by atoms with Crippen molar-refractivity contribution in [3.63, 3.8) is 0 Å². The maximum Gasteiger partial charge on any atom is 0.0661 e. The number of nitrogens with zero attached hydrogens (tertiary/aromatic N) is 1. The third kappa shape index (κ3) is 3.86. The molecular weight excluding hydrogens is 182 g/mol. The molecule has 82 valence electrons. The van der Waals surface area contributed by atoms with Crippen LogP contribution in [0.3, 0.4) is 0 Å². The quantitative estimate of drug-likeness (QED) is 0.692. The SMILES string of the molecule is CCC/C=C(\CCC)c1cccc(C)n1. The van der Waals surface area contributed by atoms with Crippen molar-refractivity contribution in [2.75, 3.05) is 0 Å². The molecule has 0 unspecified atom stereocenters. The molecule has 1 rings (SSSR count). The van der Waals surface area contributed by atoms with Crippen LogP contribution in [0.5, 0.6) is 0 Å². The largest absolute Gasteiger partial charge is 0.253 e. The minimum Gasteiger partial charge on any atom is -0.253 e. The fourth-order valence-electron chi connectivity index (χ4n) is 1.64. The third-order valence-corrected chi connectivity index (χ3v) is 2.42. The Labute approximate surface area is 93.2 Å². The highest BCUT2D eigenvalue weighted by atomic mass is 14.7. The van der Waals surface area contributed by atoms with Crippen molar-refractivity contribution in [3.8, 4) is 0 Å². The molecule has 0 aliphatic heterocycles. The number of allylic oxidation sites excluding steroid dienone is 2. The van der Waals surface area contributed by atoms with E-state index < -0.39 is 0 Å². The molecule has 0 saturated heterocycles. The molecule has 0 fully saturated rings. The molecule has 0 amide bonds. The second-order valence-electron chi connectivity index (χ2n) is 3.93. The molecule has 0 radical (unpaired) electrons. The van der Waals surface area contributed by atoms with E-state index in [2.05, 4.69) is 37.0 Å². The Hall–Kier alpha value is -1.11. The van der Waals surface area contributed by atoms with E-state index in [4.69, 9.17) is 0 Å². The first-order chi connectivity index (χ1) is 7.27. The summed E-state index contributed by atoms with van der Waals surface area (Å²) in [6.45, 7) is 6.48. The molecule has 0 N–H and O–H groups in total. The molecule has 15 heavy (non-hydrogen) atoms. The van der Waals surface area contributed by atoms with Gasteiger partial charge in [0.15, 0.2) is 0 Å². The third-order valence-electron chi connectivity index (χ3n) is 2.42. The van der Waals surface area contributed by atoms with Gasteiger partial charge < -0.3 is 0 Å². The van der Waals surface area contributed by atoms with Crippen LogP contribution in [0.2, 0.25) is 0 Å². The Morgan fingerprint density at radius 2 is 2.07 bits per heavy atom. The van der Waals surface area contributed by atoms with Gasteiger partial charge in [-0.15, -0.1) is 0 Å². The summed E-state index contributed by atoms with van der Waals surface area (Å²) in [6.07, 6.45) is 7.02. The Morgan fingerprint density at radius 1 is 1.27 bits per heavy atom. The highest BCUT2D eigenvalue weighted by Crippen LogP contribution is 2.19. The van der Waals surface area contributed by atoms with Gasteiger partial charge in [0.1, 0.15) is 0 Å². The summed E-state index contributed by atoms with van der Waals surface area (Å²) < 4.78 is 0. The van der Waals surface area contributed by atoms with Gasteiger partial charge in [-0.2, -0.15) is 0 Å². The number of aryl methyl sites for hydroxylation is 1. The molecule has 0 atom stereocenters. The van der Waals surface area contributed by atoms with Crippen molar-refractivity contribution in [3.05, 3.63) is 35.7 Å². The monoisotopic (exact) mass is 203 g/mol. The van der Waals surface area contributed by atoms with Crippen molar-refractivity contribution < 1.29 is 0 Å². The zero-order chi connectivity index (χ0) is 11.1. The Morgan fingerprint density at radius 3 is 2.67 bits per heavy atom. The normalized spacial score (nSPS) is 11.8. The second kappa shape index (κ2) is 6.39. The molecular formula is C14H21N. The number of hydrogen-bond donors (Lipinski definition) is 0. The molecule has 0 spiro atoms. The zero-order valence-corrected chi connectivity index (χ0v) is 10.1. The van der Waals surface area contributed by atoms with Crippen LogP contribution >= 0.6 is 0 Å². The predicted molar refractivity (Wildman–Crippen MR) is 66.8 cm³/mol. The summed E-state index contributed by atoms with van der Waals surface area (Å²) >= 11 is 0. The van der Waals surface area contributed by atoms with Gasteiger partial charge in [0.25, 0.3) is 0 Å². The average molecular weight is 203 g/mol. The summed E-state index contributed by atoms with van der Waals surface area (Å²) in [5.74, 6) is 0. The van der Waals surface area contributed by atoms with Gasteiger partial charge >= 0.3 is 0 Å². The smallest absolute Gasteiger partial charge is 0.0661 e. The van der Waals surface area contributed by atoms with E-state index in [1.165, 1.54) is 18.4 Å². The Balaban J connectivity index is 2.88. The lowest BCUT2D eigenvalue weighted by molar-refractivity contribution is 0.926. The van der Waals surface area contributed by atoms with Gasteiger partial charge in [0, 0.05) is 5.69 Å². The average Bonchev–Trinajstić information content (AvgIpc) is 2.24. The molecule has 1 aromatic rings. The van der Waals surface area contributed by atoms with Crippen LogP contribution in [-0.4, -0.2) is 4.98 Å². The van der Waals surface area contributed by atoms with Crippen LogP contribution in [0.25, 0.3) is 5.57 Å². The fraction of sp³-hybridized carbons (Fsp3) is 0.500. The van der Waals surface area contributed by atoms with Gasteiger partial charge in [0.2, 0.25) is 0 Å². The lowest BCUT2D eigenvalue weighted by Crippen LogP contribution is -1.91. The Bertz CT molecular complexity index is 326. The maximum absolute atomic E-state index is 4.58. The second-order valence-corrected chi connectivity index (χ2v) is 3.93. The molecule has 0 aromatic carbocycles. The summed E-state index contributed by atoms with van der Waals surface area (Å²) in [5.41, 5.74) is 3.67. The molecule has 1 heterocycles. The zero-order valence-electron chi connectivity index (χ0n) is 10.1. The lowest BCUT2D eigenvalue weighted by Gasteiger charge is -2.06. The molecule has 0 aliphatic carbocycles. The summed E-state index contributed by atoms with van der Waals surface area (Å²) in [7, 11) is 0. The summed E-state index contributed by atoms with van der Waals surface area (Å²) in [5, 5.41) is 0. The molecule has 0 bridgehead atoms. The maximum atomic E-state index is 4.58. The van der Waals surface area contributed by atoms with E-state index >= 15 is 0 Å². The van der Waals surface area contributed by atoms with Gasteiger partial charge in [0.05, 0.1) is 5.69 Å². The fourth-order valence-corrected chi connectivity index (χ4v) is 1.64. The number of hydrogen-bond acceptors (Lipinski definition) is 1. The van der Waals surface area contributed by atoms with Crippen LogP contribution in [0.4, 0.5) is 0 Å².